The SMILES string of the molecule is CCCCCCCCCCCCCC(C)S(=O)(=O)[O-].CCCCCCCCCCCCCC(C)S(=O)(=O)[O-].[Ba+2]. The molecule has 0 aliphatic carbocycles. The van der Waals surface area contributed by atoms with E-state index in [1.165, 1.54) is 129 Å². The van der Waals surface area contributed by atoms with E-state index >= 15 is 0 Å². The fourth-order valence-electron chi connectivity index (χ4n) is 4.48. The van der Waals surface area contributed by atoms with Crippen LogP contribution in [0.2, 0.25) is 0 Å². The average Bonchev–Trinajstić information content (AvgIpc) is 2.84. The molecule has 0 rings (SSSR count). The third kappa shape index (κ3) is 35.5. The van der Waals surface area contributed by atoms with E-state index in [2.05, 4.69) is 13.8 Å². The van der Waals surface area contributed by atoms with Crippen molar-refractivity contribution in [3.63, 3.8) is 0 Å². The normalized spacial score (nSPS) is 13.3. The molecule has 0 saturated carbocycles. The van der Waals surface area contributed by atoms with Gasteiger partial charge in [-0.25, -0.2) is 16.8 Å². The van der Waals surface area contributed by atoms with E-state index in [1.807, 2.05) is 0 Å². The zero-order chi connectivity index (χ0) is 29.1. The Morgan fingerprint density at radius 3 is 0.769 bits per heavy atom. The largest absolute Gasteiger partial charge is 2.00 e. The summed E-state index contributed by atoms with van der Waals surface area (Å²) in [5.74, 6) is 0. The van der Waals surface area contributed by atoms with E-state index < -0.39 is 30.7 Å². The number of unbranched alkanes of at least 4 members (excludes halogenated alkanes) is 20. The molecule has 0 amide bonds. The van der Waals surface area contributed by atoms with Gasteiger partial charge in [0.05, 0.1) is 20.2 Å². The molecule has 0 radical (unpaired) electrons. The molecule has 0 fully saturated rings. The van der Waals surface area contributed by atoms with Crippen molar-refractivity contribution in [1.82, 2.24) is 0 Å². The molecular formula is C30H62BaO6S2. The summed E-state index contributed by atoms with van der Waals surface area (Å²) in [5.41, 5.74) is 0. The molecule has 232 valence electrons. The third-order valence-electron chi connectivity index (χ3n) is 7.41. The smallest absolute Gasteiger partial charge is 0.748 e. The number of rotatable bonds is 26. The molecule has 0 aromatic carbocycles. The second-order valence-corrected chi connectivity index (χ2v) is 14.8. The number of hydrogen-bond acceptors (Lipinski definition) is 6. The Hall–Kier alpha value is 1.39. The van der Waals surface area contributed by atoms with Crippen LogP contribution >= 0.6 is 0 Å². The van der Waals surface area contributed by atoms with E-state index in [9.17, 15) is 25.9 Å². The van der Waals surface area contributed by atoms with Gasteiger partial charge in [0, 0.05) is 10.5 Å². The van der Waals surface area contributed by atoms with Gasteiger partial charge < -0.3 is 9.11 Å². The molecule has 9 heteroatoms. The van der Waals surface area contributed by atoms with Gasteiger partial charge in [0.15, 0.2) is 0 Å². The van der Waals surface area contributed by atoms with E-state index in [-0.39, 0.29) is 48.9 Å². The van der Waals surface area contributed by atoms with Crippen LogP contribution in [-0.2, 0) is 20.2 Å². The van der Waals surface area contributed by atoms with Crippen LogP contribution in [-0.4, -0.2) is 85.3 Å². The van der Waals surface area contributed by atoms with E-state index in [1.54, 1.807) is 0 Å². The van der Waals surface area contributed by atoms with Crippen LogP contribution in [0.5, 0.6) is 0 Å². The molecule has 0 saturated heterocycles. The van der Waals surface area contributed by atoms with Gasteiger partial charge >= 0.3 is 48.9 Å². The van der Waals surface area contributed by atoms with Crippen LogP contribution in [0.1, 0.15) is 182 Å². The number of hydrogen-bond donors (Lipinski definition) is 0. The summed E-state index contributed by atoms with van der Waals surface area (Å²) < 4.78 is 64.1. The molecular weight excluding hydrogens is 658 g/mol. The predicted octanol–water partition coefficient (Wildman–Crippen LogP) is 8.86. The second-order valence-electron chi connectivity index (χ2n) is 11.3. The maximum atomic E-state index is 10.7. The van der Waals surface area contributed by atoms with Crippen LogP contribution in [0.15, 0.2) is 0 Å². The molecule has 39 heavy (non-hydrogen) atoms. The quantitative estimate of drug-likeness (QED) is 0.0501. The van der Waals surface area contributed by atoms with Crippen molar-refractivity contribution in [2.24, 2.45) is 0 Å². The molecule has 2 unspecified atom stereocenters. The summed E-state index contributed by atoms with van der Waals surface area (Å²) in [6.45, 7) is 7.50. The average molecular weight is 720 g/mol. The summed E-state index contributed by atoms with van der Waals surface area (Å²) >= 11 is 0. The Bertz CT molecular complexity index is 638. The van der Waals surface area contributed by atoms with Gasteiger partial charge in [-0.15, -0.1) is 0 Å². The first-order valence-corrected chi connectivity index (χ1v) is 18.8. The molecule has 6 nitrogen and oxygen atoms in total. The Morgan fingerprint density at radius 1 is 0.410 bits per heavy atom. The minimum absolute atomic E-state index is 0. The topological polar surface area (TPSA) is 114 Å². The Labute approximate surface area is 284 Å². The summed E-state index contributed by atoms with van der Waals surface area (Å²) in [4.78, 5) is 0. The Morgan fingerprint density at radius 2 is 0.590 bits per heavy atom. The molecule has 0 N–H and O–H groups in total. The Balaban J connectivity index is -0.000000648. The van der Waals surface area contributed by atoms with Gasteiger partial charge in [0.2, 0.25) is 0 Å². The zero-order valence-electron chi connectivity index (χ0n) is 26.1. The minimum Gasteiger partial charge on any atom is -0.748 e. The second kappa shape index (κ2) is 30.8. The van der Waals surface area contributed by atoms with Crippen molar-refractivity contribution >= 4 is 69.1 Å². The van der Waals surface area contributed by atoms with Gasteiger partial charge in [-0.3, -0.25) is 0 Å². The zero-order valence-corrected chi connectivity index (χ0v) is 32.2. The summed E-state index contributed by atoms with van der Waals surface area (Å²) in [5, 5.41) is -1.43. The standard InChI is InChI=1S/2C15H32O3S.Ba/c2*1-3-4-5-6-7-8-9-10-11-12-13-14-15(2)19(16,17)18;/h2*15H,3-14H2,1-2H3,(H,16,17,18);/q;;+2/p-2. The fraction of sp³-hybridized carbons (Fsp3) is 1.00. The molecule has 0 aromatic rings. The molecule has 2 atom stereocenters. The summed E-state index contributed by atoms with van der Waals surface area (Å²) in [6.07, 6.45) is 28.4. The maximum Gasteiger partial charge on any atom is 2.00 e. The van der Waals surface area contributed by atoms with E-state index in [0.29, 0.717) is 12.8 Å². The summed E-state index contributed by atoms with van der Waals surface area (Å²) in [7, 11) is -8.13. The van der Waals surface area contributed by atoms with Gasteiger partial charge in [0.25, 0.3) is 0 Å². The van der Waals surface area contributed by atoms with Crippen molar-refractivity contribution in [2.75, 3.05) is 0 Å². The van der Waals surface area contributed by atoms with Crippen molar-refractivity contribution < 1.29 is 25.9 Å². The van der Waals surface area contributed by atoms with Crippen LogP contribution in [0.4, 0.5) is 0 Å². The Kier molecular flexibility index (Phi) is 35.4. The van der Waals surface area contributed by atoms with Crippen molar-refractivity contribution in [1.29, 1.82) is 0 Å². The van der Waals surface area contributed by atoms with Gasteiger partial charge in [-0.1, -0.05) is 155 Å². The molecule has 0 bridgehead atoms. The van der Waals surface area contributed by atoms with Gasteiger partial charge in [0.1, 0.15) is 0 Å². The minimum atomic E-state index is -4.07. The fourth-order valence-corrected chi connectivity index (χ4v) is 5.39. The van der Waals surface area contributed by atoms with Crippen molar-refractivity contribution in [3.05, 3.63) is 0 Å². The molecule has 0 spiro atoms. The first kappa shape index (κ1) is 44.8. The molecule has 0 aliphatic rings. The van der Waals surface area contributed by atoms with E-state index in [0.717, 1.165) is 25.7 Å². The van der Waals surface area contributed by atoms with Crippen molar-refractivity contribution in [2.45, 2.75) is 192 Å². The molecule has 0 aromatic heterocycles. The first-order chi connectivity index (χ1) is 18.0. The summed E-state index contributed by atoms with van der Waals surface area (Å²) in [6, 6.07) is 0. The third-order valence-corrected chi connectivity index (χ3v) is 9.86. The predicted molar refractivity (Wildman–Crippen MR) is 166 cm³/mol. The van der Waals surface area contributed by atoms with E-state index in [4.69, 9.17) is 0 Å². The van der Waals surface area contributed by atoms with Gasteiger partial charge in [-0.2, -0.15) is 0 Å². The monoisotopic (exact) mass is 720 g/mol. The maximum absolute atomic E-state index is 10.7. The van der Waals surface area contributed by atoms with Crippen LogP contribution in [0.25, 0.3) is 0 Å². The van der Waals surface area contributed by atoms with Gasteiger partial charge in [-0.05, 0) is 26.7 Å². The first-order valence-electron chi connectivity index (χ1n) is 15.9. The van der Waals surface area contributed by atoms with Crippen molar-refractivity contribution in [3.8, 4) is 0 Å². The molecule has 0 aliphatic heterocycles. The van der Waals surface area contributed by atoms with Crippen LogP contribution in [0, 0.1) is 0 Å². The van der Waals surface area contributed by atoms with Crippen LogP contribution < -0.4 is 0 Å². The van der Waals surface area contributed by atoms with Crippen LogP contribution in [0.3, 0.4) is 0 Å². The molecule has 0 heterocycles.